The first-order valence-electron chi connectivity index (χ1n) is 9.55. The predicted molar refractivity (Wildman–Crippen MR) is 120 cm³/mol. The summed E-state index contributed by atoms with van der Waals surface area (Å²) in [6, 6.07) is 14.5. The van der Waals surface area contributed by atoms with Crippen LogP contribution in [0.5, 0.6) is 5.75 Å². The van der Waals surface area contributed by atoms with E-state index >= 15 is 0 Å². The van der Waals surface area contributed by atoms with Crippen LogP contribution in [0.15, 0.2) is 58.8 Å². The van der Waals surface area contributed by atoms with E-state index in [2.05, 4.69) is 10.3 Å². The van der Waals surface area contributed by atoms with E-state index in [0.717, 1.165) is 22.1 Å². The molecule has 1 aliphatic rings. The summed E-state index contributed by atoms with van der Waals surface area (Å²) < 4.78 is 32.8. The molecule has 1 fully saturated rings. The van der Waals surface area contributed by atoms with Crippen LogP contribution in [0.4, 0.5) is 5.13 Å². The number of halogens is 1. The Hall–Kier alpha value is -2.13. The third-order valence-electron chi connectivity index (χ3n) is 5.07. The van der Waals surface area contributed by atoms with Gasteiger partial charge in [-0.3, -0.25) is 0 Å². The first-order chi connectivity index (χ1) is 14.5. The fraction of sp³-hybridized carbons (Fsp3) is 0.286. The van der Waals surface area contributed by atoms with Crippen LogP contribution in [0, 0.1) is 0 Å². The first kappa shape index (κ1) is 21.1. The van der Waals surface area contributed by atoms with E-state index in [1.54, 1.807) is 42.7 Å². The Labute approximate surface area is 185 Å². The van der Waals surface area contributed by atoms with Gasteiger partial charge in [0.2, 0.25) is 10.0 Å². The van der Waals surface area contributed by atoms with Crippen molar-refractivity contribution in [3.05, 3.63) is 70.2 Å². The second kappa shape index (κ2) is 8.93. The number of rotatable bonds is 6. The molecule has 0 bridgehead atoms. The average Bonchev–Trinajstić information content (AvgIpc) is 3.23. The molecule has 6 nitrogen and oxygen atoms in total. The van der Waals surface area contributed by atoms with Gasteiger partial charge in [0.15, 0.2) is 5.13 Å². The molecular weight excluding hydrogens is 442 g/mol. The zero-order valence-electron chi connectivity index (χ0n) is 16.5. The lowest BCUT2D eigenvalue weighted by Gasteiger charge is -2.33. The monoisotopic (exact) mass is 463 g/mol. The van der Waals surface area contributed by atoms with Gasteiger partial charge in [-0.05, 0) is 18.2 Å². The molecular formula is C21H22ClN3O3S2. The molecule has 3 aromatic rings. The summed E-state index contributed by atoms with van der Waals surface area (Å²) in [7, 11) is -1.93. The fourth-order valence-electron chi connectivity index (χ4n) is 3.48. The van der Waals surface area contributed by atoms with Crippen molar-refractivity contribution in [3.63, 3.8) is 0 Å². The highest BCUT2D eigenvalue weighted by Gasteiger charge is 2.30. The van der Waals surface area contributed by atoms with Gasteiger partial charge in [0.05, 0.1) is 17.8 Å². The van der Waals surface area contributed by atoms with Crippen LogP contribution in [0.2, 0.25) is 5.02 Å². The van der Waals surface area contributed by atoms with E-state index in [1.165, 1.54) is 4.31 Å². The number of ether oxygens (including phenoxy) is 1. The molecule has 1 aromatic heterocycles. The van der Waals surface area contributed by atoms with Crippen molar-refractivity contribution >= 4 is 38.1 Å². The number of sulfonamides is 1. The molecule has 2 aromatic carbocycles. The van der Waals surface area contributed by atoms with Crippen LogP contribution in [0.25, 0.3) is 0 Å². The zero-order valence-corrected chi connectivity index (χ0v) is 18.9. The van der Waals surface area contributed by atoms with Crippen LogP contribution in [-0.4, -0.2) is 51.0 Å². The first-order valence-corrected chi connectivity index (χ1v) is 12.2. The predicted octanol–water partition coefficient (Wildman–Crippen LogP) is 3.91. The van der Waals surface area contributed by atoms with E-state index in [0.29, 0.717) is 32.6 Å². The van der Waals surface area contributed by atoms with Crippen LogP contribution in [-0.2, 0) is 16.4 Å². The van der Waals surface area contributed by atoms with E-state index in [1.807, 2.05) is 24.3 Å². The molecule has 9 heteroatoms. The maximum Gasteiger partial charge on any atom is 0.244 e. The molecule has 0 radical (unpaired) electrons. The number of methoxy groups -OCH3 is 1. The minimum absolute atomic E-state index is 0.161. The molecule has 0 saturated carbocycles. The van der Waals surface area contributed by atoms with Crippen molar-refractivity contribution in [2.75, 3.05) is 38.2 Å². The van der Waals surface area contributed by atoms with Gasteiger partial charge in [0, 0.05) is 43.5 Å². The summed E-state index contributed by atoms with van der Waals surface area (Å²) in [5, 5.41) is 3.21. The van der Waals surface area contributed by atoms with Gasteiger partial charge in [0.25, 0.3) is 0 Å². The van der Waals surface area contributed by atoms with Crippen LogP contribution in [0.3, 0.4) is 0 Å². The summed E-state index contributed by atoms with van der Waals surface area (Å²) in [4.78, 5) is 7.06. The van der Waals surface area contributed by atoms with Crippen LogP contribution >= 0.6 is 22.9 Å². The maximum atomic E-state index is 12.9. The SMILES string of the molecule is COc1ccccc1Cc1csc(N2CCN(S(=O)(=O)c3ccccc3Cl)CC2)n1. The number of hydrogen-bond donors (Lipinski definition) is 0. The number of aromatic nitrogens is 1. The lowest BCUT2D eigenvalue weighted by Crippen LogP contribution is -2.48. The van der Waals surface area contributed by atoms with Gasteiger partial charge in [0.1, 0.15) is 10.6 Å². The second-order valence-corrected chi connectivity index (χ2v) is 10.1. The molecule has 0 amide bonds. The molecule has 2 heterocycles. The fourth-order valence-corrected chi connectivity index (χ4v) is 6.27. The van der Waals surface area contributed by atoms with Gasteiger partial charge >= 0.3 is 0 Å². The molecule has 0 spiro atoms. The standard InChI is InChI=1S/C21H22ClN3O3S2/c1-28-19-8-4-2-6-16(19)14-17-15-29-21(23-17)24-10-12-25(13-11-24)30(26,27)20-9-5-3-7-18(20)22/h2-9,15H,10-14H2,1H3. The topological polar surface area (TPSA) is 62.7 Å². The average molecular weight is 464 g/mol. The van der Waals surface area contributed by atoms with E-state index in [-0.39, 0.29) is 9.92 Å². The summed E-state index contributed by atoms with van der Waals surface area (Å²) >= 11 is 7.69. The highest BCUT2D eigenvalue weighted by atomic mass is 35.5. The van der Waals surface area contributed by atoms with E-state index in [4.69, 9.17) is 21.3 Å². The van der Waals surface area contributed by atoms with Crippen molar-refractivity contribution in [3.8, 4) is 5.75 Å². The number of hydrogen-bond acceptors (Lipinski definition) is 6. The molecule has 0 N–H and O–H groups in total. The van der Waals surface area contributed by atoms with Crippen LogP contribution < -0.4 is 9.64 Å². The Balaban J connectivity index is 1.42. The van der Waals surface area contributed by atoms with Crippen molar-refractivity contribution in [2.45, 2.75) is 11.3 Å². The normalized spacial score (nSPS) is 15.3. The third kappa shape index (κ3) is 4.32. The Bertz CT molecular complexity index is 1130. The zero-order chi connectivity index (χ0) is 21.1. The largest absolute Gasteiger partial charge is 0.496 e. The smallest absolute Gasteiger partial charge is 0.244 e. The van der Waals surface area contributed by atoms with Crippen molar-refractivity contribution in [1.29, 1.82) is 0 Å². The molecule has 158 valence electrons. The highest BCUT2D eigenvalue weighted by Crippen LogP contribution is 2.28. The van der Waals surface area contributed by atoms with Crippen molar-refractivity contribution in [1.82, 2.24) is 9.29 Å². The van der Waals surface area contributed by atoms with Gasteiger partial charge in [-0.1, -0.05) is 41.9 Å². The maximum absolute atomic E-state index is 12.9. The summed E-state index contributed by atoms with van der Waals surface area (Å²) in [5.41, 5.74) is 2.07. The lowest BCUT2D eigenvalue weighted by molar-refractivity contribution is 0.384. The number of anilines is 1. The lowest BCUT2D eigenvalue weighted by atomic mass is 10.1. The minimum atomic E-state index is -3.60. The number of benzene rings is 2. The molecule has 1 saturated heterocycles. The highest BCUT2D eigenvalue weighted by molar-refractivity contribution is 7.89. The second-order valence-electron chi connectivity index (χ2n) is 6.93. The molecule has 0 atom stereocenters. The Morgan fingerprint density at radius 2 is 1.77 bits per heavy atom. The minimum Gasteiger partial charge on any atom is -0.496 e. The Morgan fingerprint density at radius 1 is 1.07 bits per heavy atom. The number of para-hydroxylation sites is 1. The summed E-state index contributed by atoms with van der Waals surface area (Å²) in [5.74, 6) is 0.852. The van der Waals surface area contributed by atoms with Crippen molar-refractivity contribution < 1.29 is 13.2 Å². The van der Waals surface area contributed by atoms with Crippen molar-refractivity contribution in [2.24, 2.45) is 0 Å². The van der Waals surface area contributed by atoms with E-state index < -0.39 is 10.0 Å². The number of piperazine rings is 1. The molecule has 1 aliphatic heterocycles. The Morgan fingerprint density at radius 3 is 2.50 bits per heavy atom. The van der Waals surface area contributed by atoms with Crippen LogP contribution in [0.1, 0.15) is 11.3 Å². The summed E-state index contributed by atoms with van der Waals surface area (Å²) in [6.07, 6.45) is 0.696. The summed E-state index contributed by atoms with van der Waals surface area (Å²) in [6.45, 7) is 1.97. The molecule has 4 rings (SSSR count). The van der Waals surface area contributed by atoms with Gasteiger partial charge in [-0.15, -0.1) is 11.3 Å². The quantitative estimate of drug-likeness (QED) is 0.554. The van der Waals surface area contributed by atoms with Gasteiger partial charge < -0.3 is 9.64 Å². The molecule has 30 heavy (non-hydrogen) atoms. The van der Waals surface area contributed by atoms with Gasteiger partial charge in [-0.25, -0.2) is 13.4 Å². The third-order valence-corrected chi connectivity index (χ3v) is 8.42. The van der Waals surface area contributed by atoms with E-state index in [9.17, 15) is 8.42 Å². The number of nitrogens with zero attached hydrogens (tertiary/aromatic N) is 3. The number of thiazole rings is 1. The molecule has 0 aliphatic carbocycles. The van der Waals surface area contributed by atoms with Gasteiger partial charge in [-0.2, -0.15) is 4.31 Å². The Kier molecular flexibility index (Phi) is 6.29. The molecule has 0 unspecified atom stereocenters.